The molecule has 0 aliphatic carbocycles. The Morgan fingerprint density at radius 3 is 2.26 bits per heavy atom. The van der Waals surface area contributed by atoms with Crippen LogP contribution < -0.4 is 10.6 Å². The molecule has 5 heteroatoms. The van der Waals surface area contributed by atoms with Crippen LogP contribution in [0.25, 0.3) is 0 Å². The lowest BCUT2D eigenvalue weighted by atomic mass is 10.1. The molecule has 0 saturated heterocycles. The highest BCUT2D eigenvalue weighted by Gasteiger charge is 2.12. The van der Waals surface area contributed by atoms with Crippen molar-refractivity contribution in [2.75, 3.05) is 13.1 Å². The Labute approximate surface area is 112 Å². The van der Waals surface area contributed by atoms with Gasteiger partial charge in [0.25, 0.3) is 0 Å². The summed E-state index contributed by atoms with van der Waals surface area (Å²) in [6, 6.07) is 6.04. The normalized spacial score (nSPS) is 10.3. The van der Waals surface area contributed by atoms with Crippen LogP contribution in [-0.4, -0.2) is 24.9 Å². The molecular weight excluding hydrogens is 247 g/mol. The number of hydrogen-bond donors (Lipinski definition) is 2. The van der Waals surface area contributed by atoms with Crippen LogP contribution in [0.4, 0.5) is 4.39 Å². The van der Waals surface area contributed by atoms with Gasteiger partial charge in [-0.15, -0.1) is 0 Å². The first-order chi connectivity index (χ1) is 8.99. The molecule has 0 aliphatic rings. The van der Waals surface area contributed by atoms with Crippen LogP contribution >= 0.6 is 0 Å². The summed E-state index contributed by atoms with van der Waals surface area (Å²) in [6.45, 7) is 4.73. The number of amides is 2. The SMILES string of the molecule is CC(C)CNC(=O)C(=O)NCCc1ccc(F)cc1. The first kappa shape index (κ1) is 15.1. The molecule has 2 N–H and O–H groups in total. The van der Waals surface area contributed by atoms with Gasteiger partial charge in [0, 0.05) is 13.1 Å². The van der Waals surface area contributed by atoms with Gasteiger partial charge in [-0.1, -0.05) is 26.0 Å². The van der Waals surface area contributed by atoms with E-state index in [4.69, 9.17) is 0 Å². The average Bonchev–Trinajstić information content (AvgIpc) is 2.38. The van der Waals surface area contributed by atoms with Crippen molar-refractivity contribution in [3.63, 3.8) is 0 Å². The lowest BCUT2D eigenvalue weighted by Gasteiger charge is -2.08. The third-order valence-corrected chi connectivity index (χ3v) is 2.49. The van der Waals surface area contributed by atoms with Gasteiger partial charge in [0.05, 0.1) is 0 Å². The number of nitrogens with one attached hydrogen (secondary N) is 2. The summed E-state index contributed by atoms with van der Waals surface area (Å²) in [5, 5.41) is 5.06. The molecule has 0 aliphatic heterocycles. The number of carbonyl (C=O) groups is 2. The second kappa shape index (κ2) is 7.51. The highest BCUT2D eigenvalue weighted by Crippen LogP contribution is 2.02. The van der Waals surface area contributed by atoms with Gasteiger partial charge in [-0.2, -0.15) is 0 Å². The molecule has 0 radical (unpaired) electrons. The molecule has 104 valence electrons. The average molecular weight is 266 g/mol. The van der Waals surface area contributed by atoms with E-state index in [2.05, 4.69) is 10.6 Å². The predicted octanol–water partition coefficient (Wildman–Crippen LogP) is 1.26. The van der Waals surface area contributed by atoms with Crippen LogP contribution in [0.5, 0.6) is 0 Å². The molecule has 0 aromatic heterocycles. The Kier molecular flexibility index (Phi) is 5.99. The van der Waals surface area contributed by atoms with Gasteiger partial charge in [0.1, 0.15) is 5.82 Å². The zero-order valence-electron chi connectivity index (χ0n) is 11.2. The zero-order chi connectivity index (χ0) is 14.3. The quantitative estimate of drug-likeness (QED) is 0.788. The molecular formula is C14H19FN2O2. The number of halogens is 1. The van der Waals surface area contributed by atoms with Gasteiger partial charge in [-0.25, -0.2) is 4.39 Å². The molecule has 0 unspecified atom stereocenters. The Hall–Kier alpha value is -1.91. The zero-order valence-corrected chi connectivity index (χ0v) is 11.2. The second-order valence-electron chi connectivity index (χ2n) is 4.74. The summed E-state index contributed by atoms with van der Waals surface area (Å²) in [5.41, 5.74) is 0.907. The topological polar surface area (TPSA) is 58.2 Å². The molecule has 0 spiro atoms. The van der Waals surface area contributed by atoms with Crippen molar-refractivity contribution in [2.45, 2.75) is 20.3 Å². The van der Waals surface area contributed by atoms with Gasteiger partial charge >= 0.3 is 11.8 Å². The molecule has 0 bridgehead atoms. The van der Waals surface area contributed by atoms with Gasteiger partial charge in [0.15, 0.2) is 0 Å². The van der Waals surface area contributed by atoms with Crippen molar-refractivity contribution >= 4 is 11.8 Å². The molecule has 1 aromatic rings. The van der Waals surface area contributed by atoms with Gasteiger partial charge in [-0.3, -0.25) is 9.59 Å². The fourth-order valence-electron chi connectivity index (χ4n) is 1.43. The number of hydrogen-bond acceptors (Lipinski definition) is 2. The van der Waals surface area contributed by atoms with E-state index in [9.17, 15) is 14.0 Å². The van der Waals surface area contributed by atoms with Crippen molar-refractivity contribution in [1.29, 1.82) is 0 Å². The van der Waals surface area contributed by atoms with Crippen molar-refractivity contribution < 1.29 is 14.0 Å². The second-order valence-corrected chi connectivity index (χ2v) is 4.74. The molecule has 0 fully saturated rings. The molecule has 1 rings (SSSR count). The minimum atomic E-state index is -0.636. The molecule has 2 amide bonds. The van der Waals surface area contributed by atoms with E-state index in [1.807, 2.05) is 13.8 Å². The minimum Gasteiger partial charge on any atom is -0.348 e. The Balaban J connectivity index is 2.26. The van der Waals surface area contributed by atoms with E-state index in [1.54, 1.807) is 12.1 Å². The predicted molar refractivity (Wildman–Crippen MR) is 71.0 cm³/mol. The van der Waals surface area contributed by atoms with E-state index < -0.39 is 11.8 Å². The summed E-state index contributed by atoms with van der Waals surface area (Å²) in [6.07, 6.45) is 0.559. The molecule has 1 aromatic carbocycles. The van der Waals surface area contributed by atoms with Crippen LogP contribution in [-0.2, 0) is 16.0 Å². The first-order valence-corrected chi connectivity index (χ1v) is 6.29. The van der Waals surface area contributed by atoms with E-state index in [0.717, 1.165) is 5.56 Å². The summed E-state index contributed by atoms with van der Waals surface area (Å²) >= 11 is 0. The number of benzene rings is 1. The highest BCUT2D eigenvalue weighted by molar-refractivity contribution is 6.35. The van der Waals surface area contributed by atoms with Crippen LogP contribution in [0.15, 0.2) is 24.3 Å². The first-order valence-electron chi connectivity index (χ1n) is 6.29. The summed E-state index contributed by atoms with van der Waals surface area (Å²) in [5.74, 6) is -1.24. The van der Waals surface area contributed by atoms with Gasteiger partial charge in [-0.05, 0) is 30.0 Å². The van der Waals surface area contributed by atoms with Crippen LogP contribution in [0.3, 0.4) is 0 Å². The highest BCUT2D eigenvalue weighted by atomic mass is 19.1. The molecule has 4 nitrogen and oxygen atoms in total. The monoisotopic (exact) mass is 266 g/mol. The van der Waals surface area contributed by atoms with Crippen molar-refractivity contribution in [3.8, 4) is 0 Å². The molecule has 19 heavy (non-hydrogen) atoms. The van der Waals surface area contributed by atoms with Crippen molar-refractivity contribution in [2.24, 2.45) is 5.92 Å². The molecule has 0 atom stereocenters. The Morgan fingerprint density at radius 1 is 1.11 bits per heavy atom. The lowest BCUT2D eigenvalue weighted by molar-refractivity contribution is -0.139. The Morgan fingerprint density at radius 2 is 1.68 bits per heavy atom. The van der Waals surface area contributed by atoms with E-state index in [0.29, 0.717) is 25.4 Å². The third kappa shape index (κ3) is 5.99. The summed E-state index contributed by atoms with van der Waals surface area (Å²) in [4.78, 5) is 22.8. The van der Waals surface area contributed by atoms with Crippen molar-refractivity contribution in [1.82, 2.24) is 10.6 Å². The number of rotatable bonds is 5. The Bertz CT molecular complexity index is 430. The third-order valence-electron chi connectivity index (χ3n) is 2.49. The summed E-state index contributed by atoms with van der Waals surface area (Å²) < 4.78 is 12.7. The van der Waals surface area contributed by atoms with Gasteiger partial charge < -0.3 is 10.6 Å². The summed E-state index contributed by atoms with van der Waals surface area (Å²) in [7, 11) is 0. The van der Waals surface area contributed by atoms with Crippen molar-refractivity contribution in [3.05, 3.63) is 35.6 Å². The maximum Gasteiger partial charge on any atom is 0.309 e. The molecule has 0 heterocycles. The largest absolute Gasteiger partial charge is 0.348 e. The molecule has 0 saturated carbocycles. The van der Waals surface area contributed by atoms with E-state index >= 15 is 0 Å². The van der Waals surface area contributed by atoms with Crippen LogP contribution in [0.2, 0.25) is 0 Å². The fourth-order valence-corrected chi connectivity index (χ4v) is 1.43. The smallest absolute Gasteiger partial charge is 0.309 e. The minimum absolute atomic E-state index is 0.291. The van der Waals surface area contributed by atoms with E-state index in [-0.39, 0.29) is 5.82 Å². The maximum absolute atomic E-state index is 12.7. The standard InChI is InChI=1S/C14H19FN2O2/c1-10(2)9-17-14(19)13(18)16-8-7-11-3-5-12(15)6-4-11/h3-6,10H,7-9H2,1-2H3,(H,16,18)(H,17,19). The maximum atomic E-state index is 12.7. The fraction of sp³-hybridized carbons (Fsp3) is 0.429. The van der Waals surface area contributed by atoms with Crippen LogP contribution in [0.1, 0.15) is 19.4 Å². The van der Waals surface area contributed by atoms with Gasteiger partial charge in [0.2, 0.25) is 0 Å². The lowest BCUT2D eigenvalue weighted by Crippen LogP contribution is -2.41. The van der Waals surface area contributed by atoms with Crippen LogP contribution in [0, 0.1) is 11.7 Å². The van der Waals surface area contributed by atoms with E-state index in [1.165, 1.54) is 12.1 Å². The number of carbonyl (C=O) groups excluding carboxylic acids is 2.